The number of aromatic nitrogens is 2. The molecule has 1 aliphatic heterocycles. The molecule has 2 aliphatic rings. The first-order valence-electron chi connectivity index (χ1n) is 11.2. The van der Waals surface area contributed by atoms with Gasteiger partial charge in [0, 0.05) is 17.6 Å². The van der Waals surface area contributed by atoms with Gasteiger partial charge in [-0.15, -0.1) is 0 Å². The van der Waals surface area contributed by atoms with E-state index in [0.29, 0.717) is 18.5 Å². The molecule has 4 rings (SSSR count). The predicted octanol–water partition coefficient (Wildman–Crippen LogP) is 4.46. The summed E-state index contributed by atoms with van der Waals surface area (Å²) >= 11 is 3.55. The summed E-state index contributed by atoms with van der Waals surface area (Å²) < 4.78 is 8.27. The highest BCUT2D eigenvalue weighted by molar-refractivity contribution is 9.10. The van der Waals surface area contributed by atoms with Crippen LogP contribution in [-0.4, -0.2) is 33.9 Å². The number of nitrogens with one attached hydrogen (secondary N) is 2. The van der Waals surface area contributed by atoms with Gasteiger partial charge < -0.3 is 15.4 Å². The van der Waals surface area contributed by atoms with Crippen LogP contribution in [0.2, 0.25) is 0 Å². The molecule has 1 aliphatic carbocycles. The van der Waals surface area contributed by atoms with Crippen LogP contribution < -0.4 is 10.6 Å². The third kappa shape index (κ3) is 5.00. The smallest absolute Gasteiger partial charge is 0.407 e. The van der Waals surface area contributed by atoms with E-state index >= 15 is 0 Å². The Labute approximate surface area is 197 Å². The lowest BCUT2D eigenvalue weighted by Gasteiger charge is -2.26. The van der Waals surface area contributed by atoms with Gasteiger partial charge in [-0.3, -0.25) is 9.48 Å². The zero-order chi connectivity index (χ0) is 23.1. The first-order valence-corrected chi connectivity index (χ1v) is 12.0. The number of benzene rings is 1. The van der Waals surface area contributed by atoms with E-state index < -0.39 is 11.7 Å². The van der Waals surface area contributed by atoms with Crippen LogP contribution in [0, 0.1) is 12.8 Å². The Morgan fingerprint density at radius 2 is 2.06 bits per heavy atom. The summed E-state index contributed by atoms with van der Waals surface area (Å²) in [6, 6.07) is 6.21. The van der Waals surface area contributed by atoms with Crippen LogP contribution >= 0.6 is 15.9 Å². The first kappa shape index (κ1) is 22.8. The van der Waals surface area contributed by atoms with Gasteiger partial charge in [0.25, 0.3) is 5.91 Å². The van der Waals surface area contributed by atoms with Crippen LogP contribution in [-0.2, 0) is 23.2 Å². The number of hydrogen-bond donors (Lipinski definition) is 2. The molecular weight excluding hydrogens is 472 g/mol. The third-order valence-electron chi connectivity index (χ3n) is 6.18. The van der Waals surface area contributed by atoms with Crippen molar-refractivity contribution in [2.45, 2.75) is 71.1 Å². The van der Waals surface area contributed by atoms with Gasteiger partial charge in [0.05, 0.1) is 23.0 Å². The molecule has 0 bridgehead atoms. The second-order valence-electron chi connectivity index (χ2n) is 9.97. The molecule has 1 atom stereocenters. The van der Waals surface area contributed by atoms with Gasteiger partial charge in [-0.1, -0.05) is 22.0 Å². The maximum atomic E-state index is 13.3. The normalized spacial score (nSPS) is 19.1. The van der Waals surface area contributed by atoms with Gasteiger partial charge in [0.1, 0.15) is 5.60 Å². The molecule has 2 heterocycles. The molecule has 2 aromatic rings. The van der Waals surface area contributed by atoms with Crippen LogP contribution in [0.5, 0.6) is 0 Å². The van der Waals surface area contributed by atoms with Gasteiger partial charge in [-0.2, -0.15) is 5.10 Å². The van der Waals surface area contributed by atoms with E-state index in [9.17, 15) is 9.59 Å². The summed E-state index contributed by atoms with van der Waals surface area (Å²) in [7, 11) is 0. The molecule has 32 heavy (non-hydrogen) atoms. The largest absolute Gasteiger partial charge is 0.444 e. The van der Waals surface area contributed by atoms with Crippen molar-refractivity contribution in [3.63, 3.8) is 0 Å². The highest BCUT2D eigenvalue weighted by Gasteiger charge is 2.47. The maximum Gasteiger partial charge on any atom is 0.407 e. The van der Waals surface area contributed by atoms with E-state index in [4.69, 9.17) is 4.74 Å². The molecule has 2 amide bonds. The van der Waals surface area contributed by atoms with Crippen molar-refractivity contribution in [1.29, 1.82) is 0 Å². The molecule has 0 radical (unpaired) electrons. The van der Waals surface area contributed by atoms with Crippen LogP contribution in [0.15, 0.2) is 28.9 Å². The summed E-state index contributed by atoms with van der Waals surface area (Å²) in [6.07, 6.45) is 4.73. The van der Waals surface area contributed by atoms with Crippen molar-refractivity contribution in [3.8, 4) is 0 Å². The zero-order valence-corrected chi connectivity index (χ0v) is 20.7. The van der Waals surface area contributed by atoms with Crippen LogP contribution in [0.25, 0.3) is 0 Å². The maximum absolute atomic E-state index is 13.3. The topological polar surface area (TPSA) is 85.3 Å². The quantitative estimate of drug-likeness (QED) is 0.631. The van der Waals surface area contributed by atoms with Crippen molar-refractivity contribution < 1.29 is 14.3 Å². The Kier molecular flexibility index (Phi) is 6.09. The minimum atomic E-state index is -0.522. The van der Waals surface area contributed by atoms with E-state index in [1.807, 2.05) is 31.5 Å². The second-order valence-corrected chi connectivity index (χ2v) is 10.9. The first-order chi connectivity index (χ1) is 15.1. The average molecular weight is 503 g/mol. The second kappa shape index (κ2) is 8.54. The monoisotopic (exact) mass is 502 g/mol. The number of halogens is 1. The van der Waals surface area contributed by atoms with Crippen molar-refractivity contribution in [3.05, 3.63) is 51.3 Å². The van der Waals surface area contributed by atoms with Gasteiger partial charge in [0.15, 0.2) is 0 Å². The van der Waals surface area contributed by atoms with Crippen molar-refractivity contribution in [2.24, 2.45) is 5.92 Å². The number of aryl methyl sites for hydroxylation is 2. The fourth-order valence-electron chi connectivity index (χ4n) is 4.39. The molecule has 1 aromatic heterocycles. The van der Waals surface area contributed by atoms with Crippen LogP contribution in [0.3, 0.4) is 0 Å². The van der Waals surface area contributed by atoms with E-state index in [1.54, 1.807) is 6.20 Å². The molecule has 1 fully saturated rings. The van der Waals surface area contributed by atoms with Gasteiger partial charge in [-0.05, 0) is 82.6 Å². The summed E-state index contributed by atoms with van der Waals surface area (Å²) in [6.45, 7) is 8.87. The Balaban J connectivity index is 1.43. The predicted molar refractivity (Wildman–Crippen MR) is 126 cm³/mol. The van der Waals surface area contributed by atoms with E-state index in [1.165, 1.54) is 11.1 Å². The standard InChI is InChI=1S/C24H31BrN4O3/c1-15-5-6-17(25)12-19(15)24(8-9-24)28-21(30)18-14-27-29-10-7-16(11-20(18)29)13-26-22(31)32-23(2,3)4/h5-6,12,14,16H,7-11,13H2,1-4H3,(H,26,31)(H,28,30). The van der Waals surface area contributed by atoms with Crippen molar-refractivity contribution in [2.75, 3.05) is 6.54 Å². The van der Waals surface area contributed by atoms with Crippen molar-refractivity contribution in [1.82, 2.24) is 20.4 Å². The number of nitrogens with zero attached hydrogens (tertiary/aromatic N) is 2. The molecule has 1 aromatic carbocycles. The zero-order valence-electron chi connectivity index (χ0n) is 19.1. The third-order valence-corrected chi connectivity index (χ3v) is 6.67. The fourth-order valence-corrected chi connectivity index (χ4v) is 4.75. The fraction of sp³-hybridized carbons (Fsp3) is 0.542. The molecule has 1 unspecified atom stereocenters. The van der Waals surface area contributed by atoms with Gasteiger partial charge in [0.2, 0.25) is 0 Å². The number of carbonyl (C=O) groups excluding carboxylic acids is 2. The van der Waals surface area contributed by atoms with Crippen LogP contribution in [0.4, 0.5) is 4.79 Å². The molecule has 2 N–H and O–H groups in total. The Bertz CT molecular complexity index is 1040. The summed E-state index contributed by atoms with van der Waals surface area (Å²) in [5, 5.41) is 10.6. The molecule has 0 spiro atoms. The van der Waals surface area contributed by atoms with Gasteiger partial charge in [-0.25, -0.2) is 4.79 Å². The Morgan fingerprint density at radius 3 is 2.75 bits per heavy atom. The highest BCUT2D eigenvalue weighted by atomic mass is 79.9. The Hall–Kier alpha value is -2.35. The number of hydrogen-bond acceptors (Lipinski definition) is 4. The van der Waals surface area contributed by atoms with Gasteiger partial charge >= 0.3 is 6.09 Å². The minimum Gasteiger partial charge on any atom is -0.444 e. The lowest BCUT2D eigenvalue weighted by Crippen LogP contribution is -2.38. The summed E-state index contributed by atoms with van der Waals surface area (Å²) in [5.41, 5.74) is 3.09. The summed E-state index contributed by atoms with van der Waals surface area (Å²) in [4.78, 5) is 25.3. The van der Waals surface area contributed by atoms with Crippen molar-refractivity contribution >= 4 is 27.9 Å². The van der Waals surface area contributed by atoms with E-state index in [0.717, 1.165) is 36.0 Å². The number of fused-ring (bicyclic) bond motifs is 1. The highest BCUT2D eigenvalue weighted by Crippen LogP contribution is 2.47. The lowest BCUT2D eigenvalue weighted by atomic mass is 9.93. The lowest BCUT2D eigenvalue weighted by molar-refractivity contribution is 0.0516. The molecule has 1 saturated carbocycles. The average Bonchev–Trinajstić information content (AvgIpc) is 3.35. The number of amides is 2. The number of ether oxygens (including phenoxy) is 1. The Morgan fingerprint density at radius 1 is 1.31 bits per heavy atom. The number of carbonyl (C=O) groups is 2. The molecular formula is C24H31BrN4O3. The SMILES string of the molecule is Cc1ccc(Br)cc1C1(NC(=O)c2cnn3c2CC(CNC(=O)OC(C)(C)C)CC3)CC1. The number of alkyl carbamates (subject to hydrolysis) is 1. The van der Waals surface area contributed by atoms with Crippen LogP contribution in [0.1, 0.15) is 67.2 Å². The number of rotatable bonds is 5. The molecule has 172 valence electrons. The van der Waals surface area contributed by atoms with E-state index in [2.05, 4.69) is 50.7 Å². The molecule has 7 nitrogen and oxygen atoms in total. The molecule has 0 saturated heterocycles. The minimum absolute atomic E-state index is 0.0797. The molecule has 8 heteroatoms. The summed E-state index contributed by atoms with van der Waals surface area (Å²) in [5.74, 6) is 0.157. The van der Waals surface area contributed by atoms with E-state index in [-0.39, 0.29) is 17.4 Å².